The number of ether oxygens (including phenoxy) is 1. The van der Waals surface area contributed by atoms with E-state index in [1.165, 1.54) is 48.7 Å². The van der Waals surface area contributed by atoms with E-state index < -0.39 is 16.8 Å². The molecule has 0 aliphatic heterocycles. The first-order valence-corrected chi connectivity index (χ1v) is 8.96. The number of para-hydroxylation sites is 1. The van der Waals surface area contributed by atoms with Crippen LogP contribution in [0, 0.1) is 10.1 Å². The van der Waals surface area contributed by atoms with Crippen molar-refractivity contribution in [1.29, 1.82) is 0 Å². The smallest absolute Gasteiger partial charge is 0.350 e. The molecular formula is C21H14ClN3O5. The van der Waals surface area contributed by atoms with Gasteiger partial charge in [-0.1, -0.05) is 29.8 Å². The second kappa shape index (κ2) is 9.44. The van der Waals surface area contributed by atoms with Crippen LogP contribution in [0.15, 0.2) is 77.9 Å². The number of nitro groups is 1. The van der Waals surface area contributed by atoms with E-state index in [1.54, 1.807) is 30.3 Å². The van der Waals surface area contributed by atoms with Gasteiger partial charge >= 0.3 is 5.97 Å². The second-order valence-electron chi connectivity index (χ2n) is 5.94. The van der Waals surface area contributed by atoms with Crippen molar-refractivity contribution in [2.24, 2.45) is 5.10 Å². The maximum atomic E-state index is 12.2. The van der Waals surface area contributed by atoms with Crippen LogP contribution >= 0.6 is 11.6 Å². The van der Waals surface area contributed by atoms with Gasteiger partial charge in [-0.3, -0.25) is 14.9 Å². The van der Waals surface area contributed by atoms with Crippen LogP contribution in [0.4, 0.5) is 5.69 Å². The number of halogens is 1. The molecule has 0 saturated carbocycles. The number of hydrazone groups is 1. The summed E-state index contributed by atoms with van der Waals surface area (Å²) in [5.74, 6) is -1.04. The van der Waals surface area contributed by atoms with Gasteiger partial charge in [0.2, 0.25) is 0 Å². The lowest BCUT2D eigenvalue weighted by molar-refractivity contribution is -0.385. The van der Waals surface area contributed by atoms with Crippen molar-refractivity contribution in [2.45, 2.75) is 0 Å². The molecule has 0 heterocycles. The van der Waals surface area contributed by atoms with E-state index in [2.05, 4.69) is 10.5 Å². The molecule has 150 valence electrons. The third kappa shape index (κ3) is 5.27. The van der Waals surface area contributed by atoms with Gasteiger partial charge in [0.1, 0.15) is 11.3 Å². The van der Waals surface area contributed by atoms with Crippen molar-refractivity contribution in [1.82, 2.24) is 5.43 Å². The molecule has 0 aliphatic rings. The van der Waals surface area contributed by atoms with Crippen molar-refractivity contribution >= 4 is 35.4 Å². The van der Waals surface area contributed by atoms with Crippen LogP contribution in [-0.4, -0.2) is 23.0 Å². The average molecular weight is 424 g/mol. The number of rotatable bonds is 6. The number of carbonyl (C=O) groups excluding carboxylic acids is 2. The van der Waals surface area contributed by atoms with E-state index in [0.29, 0.717) is 16.1 Å². The molecule has 9 heteroatoms. The Labute approximate surface area is 175 Å². The largest absolute Gasteiger partial charge is 0.423 e. The molecule has 0 radical (unpaired) electrons. The zero-order valence-electron chi connectivity index (χ0n) is 15.3. The molecule has 3 rings (SSSR count). The van der Waals surface area contributed by atoms with Gasteiger partial charge in [0, 0.05) is 16.7 Å². The van der Waals surface area contributed by atoms with Gasteiger partial charge in [-0.25, -0.2) is 10.2 Å². The molecule has 0 saturated heterocycles. The van der Waals surface area contributed by atoms with Crippen LogP contribution < -0.4 is 10.2 Å². The minimum atomic E-state index is -0.836. The molecule has 1 amide bonds. The average Bonchev–Trinajstić information content (AvgIpc) is 2.74. The summed E-state index contributed by atoms with van der Waals surface area (Å²) in [7, 11) is 0. The highest BCUT2D eigenvalue weighted by atomic mass is 35.5. The lowest BCUT2D eigenvalue weighted by atomic mass is 10.2. The zero-order valence-corrected chi connectivity index (χ0v) is 16.1. The van der Waals surface area contributed by atoms with Gasteiger partial charge < -0.3 is 4.74 Å². The van der Waals surface area contributed by atoms with E-state index in [1.807, 2.05) is 0 Å². The molecule has 0 fully saturated rings. The highest BCUT2D eigenvalue weighted by Gasteiger charge is 2.20. The SMILES string of the molecule is O=C(N/N=C\c1ccc(OC(=O)c2ccccc2[N+](=O)[O-])cc1)c1cccc(Cl)c1. The summed E-state index contributed by atoms with van der Waals surface area (Å²) in [5, 5.41) is 15.3. The van der Waals surface area contributed by atoms with Crippen LogP contribution in [0.1, 0.15) is 26.3 Å². The van der Waals surface area contributed by atoms with Gasteiger partial charge in [0.15, 0.2) is 0 Å². The fourth-order valence-electron chi connectivity index (χ4n) is 2.45. The van der Waals surface area contributed by atoms with Gasteiger partial charge in [-0.2, -0.15) is 5.10 Å². The Bertz CT molecular complexity index is 1130. The molecule has 8 nitrogen and oxygen atoms in total. The van der Waals surface area contributed by atoms with Gasteiger partial charge in [0.05, 0.1) is 11.1 Å². The quantitative estimate of drug-likeness (QED) is 0.210. The third-order valence-corrected chi connectivity index (χ3v) is 4.11. The zero-order chi connectivity index (χ0) is 21.5. The van der Waals surface area contributed by atoms with Gasteiger partial charge in [0.25, 0.3) is 11.6 Å². The minimum absolute atomic E-state index is 0.142. The summed E-state index contributed by atoms with van der Waals surface area (Å²) in [4.78, 5) is 34.6. The molecule has 0 aromatic heterocycles. The fourth-order valence-corrected chi connectivity index (χ4v) is 2.64. The Morgan fingerprint density at radius 1 is 1.03 bits per heavy atom. The Morgan fingerprint density at radius 2 is 1.77 bits per heavy atom. The van der Waals surface area contributed by atoms with Crippen LogP contribution in [0.25, 0.3) is 0 Å². The normalized spacial score (nSPS) is 10.6. The molecular weight excluding hydrogens is 410 g/mol. The molecule has 0 bridgehead atoms. The van der Waals surface area contributed by atoms with Crippen molar-refractivity contribution in [3.63, 3.8) is 0 Å². The molecule has 0 spiro atoms. The summed E-state index contributed by atoms with van der Waals surface area (Å²) in [6.07, 6.45) is 1.41. The number of esters is 1. The number of nitro benzene ring substituents is 1. The van der Waals surface area contributed by atoms with Crippen LogP contribution in [0.2, 0.25) is 5.02 Å². The fraction of sp³-hybridized carbons (Fsp3) is 0. The second-order valence-corrected chi connectivity index (χ2v) is 6.38. The minimum Gasteiger partial charge on any atom is -0.423 e. The lowest BCUT2D eigenvalue weighted by Gasteiger charge is -2.05. The predicted molar refractivity (Wildman–Crippen MR) is 111 cm³/mol. The Balaban J connectivity index is 1.61. The highest BCUT2D eigenvalue weighted by Crippen LogP contribution is 2.20. The number of nitrogens with zero attached hydrogens (tertiary/aromatic N) is 2. The number of hydrogen-bond acceptors (Lipinski definition) is 6. The number of nitrogens with one attached hydrogen (secondary N) is 1. The van der Waals surface area contributed by atoms with Gasteiger partial charge in [-0.05, 0) is 54.1 Å². The van der Waals surface area contributed by atoms with E-state index in [0.717, 1.165) is 0 Å². The molecule has 3 aromatic rings. The van der Waals surface area contributed by atoms with E-state index in [-0.39, 0.29) is 17.0 Å². The molecule has 0 aliphatic carbocycles. The highest BCUT2D eigenvalue weighted by molar-refractivity contribution is 6.30. The summed E-state index contributed by atoms with van der Waals surface area (Å²) >= 11 is 5.85. The van der Waals surface area contributed by atoms with E-state index >= 15 is 0 Å². The standard InChI is InChI=1S/C21H14ClN3O5/c22-16-5-3-4-15(12-16)20(26)24-23-13-14-8-10-17(11-9-14)30-21(27)18-6-1-2-7-19(18)25(28)29/h1-13H,(H,24,26)/b23-13-. The van der Waals surface area contributed by atoms with Crippen molar-refractivity contribution < 1.29 is 19.2 Å². The molecule has 3 aromatic carbocycles. The Hall–Kier alpha value is -4.04. The first-order chi connectivity index (χ1) is 14.4. The maximum absolute atomic E-state index is 12.2. The van der Waals surface area contributed by atoms with Crippen molar-refractivity contribution in [3.8, 4) is 5.75 Å². The topological polar surface area (TPSA) is 111 Å². The van der Waals surface area contributed by atoms with Crippen LogP contribution in [-0.2, 0) is 0 Å². The number of hydrogen-bond donors (Lipinski definition) is 1. The molecule has 0 atom stereocenters. The monoisotopic (exact) mass is 423 g/mol. The Morgan fingerprint density at radius 3 is 2.47 bits per heavy atom. The van der Waals surface area contributed by atoms with Gasteiger partial charge in [-0.15, -0.1) is 0 Å². The van der Waals surface area contributed by atoms with Crippen LogP contribution in [0.5, 0.6) is 5.75 Å². The van der Waals surface area contributed by atoms with Crippen LogP contribution in [0.3, 0.4) is 0 Å². The third-order valence-electron chi connectivity index (χ3n) is 3.88. The summed E-state index contributed by atoms with van der Waals surface area (Å²) < 4.78 is 5.19. The molecule has 1 N–H and O–H groups in total. The first kappa shape index (κ1) is 20.7. The first-order valence-electron chi connectivity index (χ1n) is 8.58. The maximum Gasteiger partial charge on any atom is 0.350 e. The number of benzene rings is 3. The predicted octanol–water partition coefficient (Wildman–Crippen LogP) is 4.23. The molecule has 0 unspecified atom stereocenters. The summed E-state index contributed by atoms with van der Waals surface area (Å²) in [6, 6.07) is 18.2. The van der Waals surface area contributed by atoms with E-state index in [9.17, 15) is 19.7 Å². The van der Waals surface area contributed by atoms with Crippen molar-refractivity contribution in [2.75, 3.05) is 0 Å². The number of carbonyl (C=O) groups is 2. The van der Waals surface area contributed by atoms with E-state index in [4.69, 9.17) is 16.3 Å². The number of amides is 1. The summed E-state index contributed by atoms with van der Waals surface area (Å²) in [5.41, 5.74) is 2.91. The van der Waals surface area contributed by atoms with Crippen molar-refractivity contribution in [3.05, 3.63) is 105 Å². The summed E-state index contributed by atoms with van der Waals surface area (Å²) in [6.45, 7) is 0. The molecule has 30 heavy (non-hydrogen) atoms. The Kier molecular flexibility index (Phi) is 6.51. The lowest BCUT2D eigenvalue weighted by Crippen LogP contribution is -2.17.